The zero-order chi connectivity index (χ0) is 9.80. The Balaban J connectivity index is 1.90. The highest BCUT2D eigenvalue weighted by molar-refractivity contribution is 5.17. The summed E-state index contributed by atoms with van der Waals surface area (Å²) in [6, 6.07) is 10.3. The maximum absolute atomic E-state index is 12.3. The largest absolute Gasteiger partial charge is 0.291 e. The van der Waals surface area contributed by atoms with E-state index in [0.29, 0.717) is 0 Å². The first-order valence-corrected chi connectivity index (χ1v) is 4.88. The van der Waals surface area contributed by atoms with Gasteiger partial charge in [0.15, 0.2) is 0 Å². The van der Waals surface area contributed by atoms with Crippen LogP contribution >= 0.6 is 0 Å². The third kappa shape index (κ3) is 2.20. The summed E-state index contributed by atoms with van der Waals surface area (Å²) in [5.74, 6) is 0. The minimum Gasteiger partial charge on any atom is -0.291 e. The second-order valence-corrected chi connectivity index (χ2v) is 3.65. The van der Waals surface area contributed by atoms with Crippen LogP contribution in [0.3, 0.4) is 0 Å². The molecular weight excluding hydrogens is 177 g/mol. The van der Waals surface area contributed by atoms with Gasteiger partial charge in [-0.05, 0) is 11.1 Å². The van der Waals surface area contributed by atoms with Crippen molar-refractivity contribution in [3.05, 3.63) is 47.5 Å². The molecule has 0 aromatic heterocycles. The van der Waals surface area contributed by atoms with E-state index < -0.39 is 0 Å². The van der Waals surface area contributed by atoms with Crippen molar-refractivity contribution >= 4 is 0 Å². The molecule has 74 valence electrons. The number of alkyl halides is 1. The van der Waals surface area contributed by atoms with Crippen LogP contribution in [0.5, 0.6) is 0 Å². The van der Waals surface area contributed by atoms with Gasteiger partial charge in [0.25, 0.3) is 0 Å². The Hall–Kier alpha value is -1.15. The Morgan fingerprint density at radius 1 is 1.21 bits per heavy atom. The predicted molar refractivity (Wildman–Crippen MR) is 55.8 cm³/mol. The monoisotopic (exact) mass is 191 g/mol. The molecule has 0 fully saturated rings. The second kappa shape index (κ2) is 4.38. The van der Waals surface area contributed by atoms with Crippen LogP contribution in [0.15, 0.2) is 42.0 Å². The lowest BCUT2D eigenvalue weighted by Gasteiger charge is -2.15. The minimum atomic E-state index is -0.300. The highest BCUT2D eigenvalue weighted by Crippen LogP contribution is 2.13. The van der Waals surface area contributed by atoms with Gasteiger partial charge in [-0.3, -0.25) is 4.90 Å². The molecule has 1 aliphatic rings. The lowest BCUT2D eigenvalue weighted by Crippen LogP contribution is -2.20. The lowest BCUT2D eigenvalue weighted by molar-refractivity contribution is 0.335. The van der Waals surface area contributed by atoms with Gasteiger partial charge in [-0.25, -0.2) is 4.39 Å². The lowest BCUT2D eigenvalue weighted by atomic mass is 10.2. The van der Waals surface area contributed by atoms with Gasteiger partial charge in [0.2, 0.25) is 0 Å². The highest BCUT2D eigenvalue weighted by atomic mass is 19.1. The van der Waals surface area contributed by atoms with Crippen molar-refractivity contribution < 1.29 is 4.39 Å². The van der Waals surface area contributed by atoms with Gasteiger partial charge in [0.1, 0.15) is 6.67 Å². The molecule has 1 nitrogen and oxygen atoms in total. The molecule has 2 rings (SSSR count). The van der Waals surface area contributed by atoms with E-state index in [4.69, 9.17) is 0 Å². The summed E-state index contributed by atoms with van der Waals surface area (Å²) in [6.07, 6.45) is 1.99. The maximum atomic E-state index is 12.3. The molecule has 0 aliphatic carbocycles. The normalized spacial score (nSPS) is 17.1. The first kappa shape index (κ1) is 9.41. The summed E-state index contributed by atoms with van der Waals surface area (Å²) < 4.78 is 12.3. The van der Waals surface area contributed by atoms with Crippen LogP contribution in [0.2, 0.25) is 0 Å². The van der Waals surface area contributed by atoms with Gasteiger partial charge in [0.05, 0.1) is 0 Å². The Morgan fingerprint density at radius 2 is 2.00 bits per heavy atom. The summed E-state index contributed by atoms with van der Waals surface area (Å²) in [4.78, 5) is 2.24. The average molecular weight is 191 g/mol. The smallest absolute Gasteiger partial charge is 0.112 e. The van der Waals surface area contributed by atoms with E-state index in [-0.39, 0.29) is 6.67 Å². The van der Waals surface area contributed by atoms with Crippen LogP contribution in [-0.4, -0.2) is 24.7 Å². The molecular formula is C12H14FN. The zero-order valence-corrected chi connectivity index (χ0v) is 8.12. The number of halogens is 1. The van der Waals surface area contributed by atoms with Crippen molar-refractivity contribution in [2.75, 3.05) is 19.8 Å². The summed E-state index contributed by atoms with van der Waals surface area (Å²) in [5.41, 5.74) is 2.21. The van der Waals surface area contributed by atoms with Gasteiger partial charge < -0.3 is 0 Å². The van der Waals surface area contributed by atoms with Crippen molar-refractivity contribution in [2.45, 2.75) is 6.54 Å². The maximum Gasteiger partial charge on any atom is 0.112 e. The van der Waals surface area contributed by atoms with Crippen LogP contribution < -0.4 is 0 Å². The predicted octanol–water partition coefficient (Wildman–Crippen LogP) is 2.40. The summed E-state index contributed by atoms with van der Waals surface area (Å²) >= 11 is 0. The summed E-state index contributed by atoms with van der Waals surface area (Å²) in [7, 11) is 0. The van der Waals surface area contributed by atoms with Gasteiger partial charge in [-0.15, -0.1) is 0 Å². The molecule has 0 saturated heterocycles. The fourth-order valence-electron chi connectivity index (χ4n) is 1.73. The van der Waals surface area contributed by atoms with E-state index in [1.54, 1.807) is 0 Å². The first-order valence-electron chi connectivity index (χ1n) is 4.88. The van der Waals surface area contributed by atoms with Crippen molar-refractivity contribution in [1.82, 2.24) is 4.90 Å². The molecule has 0 atom stereocenters. The molecule has 0 unspecified atom stereocenters. The van der Waals surface area contributed by atoms with Crippen LogP contribution in [0.1, 0.15) is 5.56 Å². The SMILES string of the molecule is FCC1=CCN(Cc2ccccc2)C1. The van der Waals surface area contributed by atoms with Crippen LogP contribution in [0, 0.1) is 0 Å². The standard InChI is InChI=1S/C12H14FN/c13-8-12-6-7-14(10-12)9-11-4-2-1-3-5-11/h1-6H,7-10H2. The molecule has 1 aromatic rings. The third-order valence-electron chi connectivity index (χ3n) is 2.49. The van der Waals surface area contributed by atoms with Crippen LogP contribution in [0.4, 0.5) is 4.39 Å². The van der Waals surface area contributed by atoms with Gasteiger partial charge in [-0.1, -0.05) is 36.4 Å². The second-order valence-electron chi connectivity index (χ2n) is 3.65. The number of hydrogen-bond acceptors (Lipinski definition) is 1. The summed E-state index contributed by atoms with van der Waals surface area (Å²) in [6.45, 7) is 2.28. The average Bonchev–Trinajstić information content (AvgIpc) is 2.67. The molecule has 1 aliphatic heterocycles. The Labute approximate surface area is 83.9 Å². The van der Waals surface area contributed by atoms with E-state index in [0.717, 1.165) is 25.2 Å². The Morgan fingerprint density at radius 3 is 2.64 bits per heavy atom. The molecule has 0 radical (unpaired) electrons. The zero-order valence-electron chi connectivity index (χ0n) is 8.12. The Kier molecular flexibility index (Phi) is 2.94. The molecule has 0 amide bonds. The van der Waals surface area contributed by atoms with Crippen LogP contribution in [0.25, 0.3) is 0 Å². The van der Waals surface area contributed by atoms with E-state index in [9.17, 15) is 4.39 Å². The number of rotatable bonds is 3. The van der Waals surface area contributed by atoms with E-state index in [2.05, 4.69) is 17.0 Å². The first-order chi connectivity index (χ1) is 6.88. The highest BCUT2D eigenvalue weighted by Gasteiger charge is 2.13. The molecule has 1 heterocycles. The fourth-order valence-corrected chi connectivity index (χ4v) is 1.73. The van der Waals surface area contributed by atoms with Crippen molar-refractivity contribution in [3.8, 4) is 0 Å². The van der Waals surface area contributed by atoms with E-state index >= 15 is 0 Å². The molecule has 0 saturated carbocycles. The molecule has 0 spiro atoms. The van der Waals surface area contributed by atoms with Crippen LogP contribution in [-0.2, 0) is 6.54 Å². The Bertz CT molecular complexity index is 318. The van der Waals surface area contributed by atoms with E-state index in [1.165, 1.54) is 5.56 Å². The molecule has 14 heavy (non-hydrogen) atoms. The number of nitrogens with zero attached hydrogens (tertiary/aromatic N) is 1. The number of benzene rings is 1. The summed E-state index contributed by atoms with van der Waals surface area (Å²) in [5, 5.41) is 0. The van der Waals surface area contributed by atoms with Crippen molar-refractivity contribution in [3.63, 3.8) is 0 Å². The van der Waals surface area contributed by atoms with Gasteiger partial charge in [0, 0.05) is 19.6 Å². The quantitative estimate of drug-likeness (QED) is 0.663. The number of hydrogen-bond donors (Lipinski definition) is 0. The minimum absolute atomic E-state index is 0.300. The van der Waals surface area contributed by atoms with Gasteiger partial charge in [-0.2, -0.15) is 0 Å². The molecule has 1 aromatic carbocycles. The van der Waals surface area contributed by atoms with Crippen molar-refractivity contribution in [2.24, 2.45) is 0 Å². The fraction of sp³-hybridized carbons (Fsp3) is 0.333. The third-order valence-corrected chi connectivity index (χ3v) is 2.49. The molecule has 0 bridgehead atoms. The van der Waals surface area contributed by atoms with Gasteiger partial charge >= 0.3 is 0 Å². The van der Waals surface area contributed by atoms with Crippen molar-refractivity contribution in [1.29, 1.82) is 0 Å². The molecule has 2 heteroatoms. The molecule has 0 N–H and O–H groups in total. The van der Waals surface area contributed by atoms with E-state index in [1.807, 2.05) is 24.3 Å². The topological polar surface area (TPSA) is 3.24 Å².